The van der Waals surface area contributed by atoms with E-state index in [9.17, 15) is 0 Å². The Kier molecular flexibility index (Phi) is 4.98. The Hall–Kier alpha value is -1.07. The zero-order valence-corrected chi connectivity index (χ0v) is 13.3. The number of ether oxygens (including phenoxy) is 1. The average molecular weight is 268 g/mol. The van der Waals surface area contributed by atoms with Crippen LogP contribution >= 0.6 is 0 Å². The lowest BCUT2D eigenvalue weighted by molar-refractivity contribution is 0.0985. The van der Waals surface area contributed by atoms with Crippen molar-refractivity contribution in [3.8, 4) is 5.88 Å². The number of methoxy groups -OCH3 is 1. The predicted molar refractivity (Wildman–Crippen MR) is 78.4 cm³/mol. The smallest absolute Gasteiger partial charge is 0.216 e. The van der Waals surface area contributed by atoms with E-state index in [1.807, 2.05) is 14.0 Å². The second-order valence-electron chi connectivity index (χ2n) is 5.66. The highest BCUT2D eigenvalue weighted by Gasteiger charge is 2.32. The van der Waals surface area contributed by atoms with E-state index in [0.717, 1.165) is 23.6 Å². The number of aromatic nitrogens is 2. The molecule has 0 aliphatic carbocycles. The molecule has 0 spiro atoms. The Morgan fingerprint density at radius 3 is 2.47 bits per heavy atom. The van der Waals surface area contributed by atoms with Crippen molar-refractivity contribution >= 4 is 0 Å². The maximum Gasteiger partial charge on any atom is 0.216 e. The molecule has 1 heterocycles. The summed E-state index contributed by atoms with van der Waals surface area (Å²) in [6.07, 6.45) is 1.06. The first-order chi connectivity index (χ1) is 8.80. The van der Waals surface area contributed by atoms with Gasteiger partial charge in [0.2, 0.25) is 5.88 Å². The standard InChI is InChI=1S/C14H28N4O/c1-8-14(3,4)17(5)11(9-15)12-10(2)16-18(6)13(12)19-7/h11H,8-9,15H2,1-7H3. The Bertz CT molecular complexity index is 425. The maximum absolute atomic E-state index is 6.02. The normalized spacial score (nSPS) is 13.9. The van der Waals surface area contributed by atoms with Crippen LogP contribution in [0.15, 0.2) is 0 Å². The minimum absolute atomic E-state index is 0.0807. The van der Waals surface area contributed by atoms with E-state index in [-0.39, 0.29) is 11.6 Å². The number of hydrogen-bond acceptors (Lipinski definition) is 4. The largest absolute Gasteiger partial charge is 0.481 e. The topological polar surface area (TPSA) is 56.3 Å². The van der Waals surface area contributed by atoms with Gasteiger partial charge in [-0.1, -0.05) is 6.92 Å². The second-order valence-corrected chi connectivity index (χ2v) is 5.66. The van der Waals surface area contributed by atoms with Gasteiger partial charge < -0.3 is 10.5 Å². The summed E-state index contributed by atoms with van der Waals surface area (Å²) in [5.74, 6) is 0.798. The van der Waals surface area contributed by atoms with Gasteiger partial charge in [-0.3, -0.25) is 4.90 Å². The van der Waals surface area contributed by atoms with Gasteiger partial charge in [0.05, 0.1) is 24.4 Å². The van der Waals surface area contributed by atoms with Gasteiger partial charge in [0.1, 0.15) is 0 Å². The lowest BCUT2D eigenvalue weighted by atomic mass is 9.95. The third kappa shape index (κ3) is 2.92. The number of aryl methyl sites for hydroxylation is 2. The number of likely N-dealkylation sites (N-methyl/N-ethyl adjacent to an activating group) is 1. The van der Waals surface area contributed by atoms with Gasteiger partial charge in [-0.2, -0.15) is 5.10 Å². The van der Waals surface area contributed by atoms with E-state index in [1.54, 1.807) is 11.8 Å². The van der Waals surface area contributed by atoms with Crippen LogP contribution in [-0.4, -0.2) is 40.9 Å². The fourth-order valence-corrected chi connectivity index (χ4v) is 2.42. The second kappa shape index (κ2) is 5.92. The molecule has 0 saturated heterocycles. The van der Waals surface area contributed by atoms with Gasteiger partial charge in [0.15, 0.2) is 0 Å². The van der Waals surface area contributed by atoms with Crippen LogP contribution in [-0.2, 0) is 7.05 Å². The fourth-order valence-electron chi connectivity index (χ4n) is 2.42. The van der Waals surface area contributed by atoms with Crippen LogP contribution in [0, 0.1) is 6.92 Å². The average Bonchev–Trinajstić information content (AvgIpc) is 2.65. The van der Waals surface area contributed by atoms with E-state index in [4.69, 9.17) is 10.5 Å². The van der Waals surface area contributed by atoms with Crippen LogP contribution in [0.25, 0.3) is 0 Å². The third-order valence-corrected chi connectivity index (χ3v) is 4.25. The zero-order valence-electron chi connectivity index (χ0n) is 13.3. The van der Waals surface area contributed by atoms with Gasteiger partial charge >= 0.3 is 0 Å². The molecule has 1 atom stereocenters. The molecule has 0 bridgehead atoms. The molecule has 0 aliphatic heterocycles. The van der Waals surface area contributed by atoms with Crippen molar-refractivity contribution in [3.63, 3.8) is 0 Å². The van der Waals surface area contributed by atoms with Crippen molar-refractivity contribution in [2.75, 3.05) is 20.7 Å². The summed E-state index contributed by atoms with van der Waals surface area (Å²) in [7, 11) is 5.69. The minimum atomic E-state index is 0.0807. The predicted octanol–water partition coefficient (Wildman–Crippen LogP) is 1.86. The molecule has 19 heavy (non-hydrogen) atoms. The van der Waals surface area contributed by atoms with Crippen molar-refractivity contribution in [3.05, 3.63) is 11.3 Å². The van der Waals surface area contributed by atoms with Crippen LogP contribution in [0.1, 0.15) is 44.5 Å². The Morgan fingerprint density at radius 1 is 1.47 bits per heavy atom. The molecule has 2 N–H and O–H groups in total. The van der Waals surface area contributed by atoms with Crippen molar-refractivity contribution in [1.29, 1.82) is 0 Å². The lowest BCUT2D eigenvalue weighted by Gasteiger charge is -2.40. The third-order valence-electron chi connectivity index (χ3n) is 4.25. The molecule has 5 nitrogen and oxygen atoms in total. The van der Waals surface area contributed by atoms with Crippen molar-refractivity contribution in [1.82, 2.24) is 14.7 Å². The summed E-state index contributed by atoms with van der Waals surface area (Å²) < 4.78 is 7.27. The summed E-state index contributed by atoms with van der Waals surface area (Å²) >= 11 is 0. The molecule has 0 radical (unpaired) electrons. The van der Waals surface area contributed by atoms with Crippen LogP contribution in [0.2, 0.25) is 0 Å². The van der Waals surface area contributed by atoms with Crippen molar-refractivity contribution in [2.45, 2.75) is 45.7 Å². The van der Waals surface area contributed by atoms with Gasteiger partial charge in [0.25, 0.3) is 0 Å². The molecular weight excluding hydrogens is 240 g/mol. The molecule has 1 rings (SSSR count). The molecule has 0 amide bonds. The first-order valence-corrected chi connectivity index (χ1v) is 6.80. The molecule has 0 aromatic carbocycles. The van der Waals surface area contributed by atoms with Gasteiger partial charge in [-0.15, -0.1) is 0 Å². The molecule has 1 aromatic rings. The highest BCUT2D eigenvalue weighted by Crippen LogP contribution is 2.34. The lowest BCUT2D eigenvalue weighted by Crippen LogP contribution is -2.45. The Morgan fingerprint density at radius 2 is 2.05 bits per heavy atom. The molecule has 0 aliphatic rings. The molecule has 1 aromatic heterocycles. The monoisotopic (exact) mass is 268 g/mol. The fraction of sp³-hybridized carbons (Fsp3) is 0.786. The summed E-state index contributed by atoms with van der Waals surface area (Å²) in [6, 6.07) is 0.110. The van der Waals surface area contributed by atoms with Gasteiger partial charge in [-0.05, 0) is 34.2 Å². The van der Waals surface area contributed by atoms with Gasteiger partial charge in [0, 0.05) is 19.1 Å². The minimum Gasteiger partial charge on any atom is -0.481 e. The van der Waals surface area contributed by atoms with Crippen molar-refractivity contribution in [2.24, 2.45) is 12.8 Å². The van der Waals surface area contributed by atoms with E-state index < -0.39 is 0 Å². The van der Waals surface area contributed by atoms with Crippen molar-refractivity contribution < 1.29 is 4.74 Å². The summed E-state index contributed by atoms with van der Waals surface area (Å²) in [6.45, 7) is 9.20. The SMILES string of the molecule is CCC(C)(C)N(C)C(CN)c1c(C)nn(C)c1OC. The summed E-state index contributed by atoms with van der Waals surface area (Å²) in [5.41, 5.74) is 8.18. The molecule has 110 valence electrons. The zero-order chi connectivity index (χ0) is 14.8. The van der Waals surface area contributed by atoms with Crippen LogP contribution in [0.3, 0.4) is 0 Å². The maximum atomic E-state index is 6.02. The Labute approximate surface area is 116 Å². The first-order valence-electron chi connectivity index (χ1n) is 6.80. The highest BCUT2D eigenvalue weighted by atomic mass is 16.5. The molecule has 0 fully saturated rings. The van der Waals surface area contributed by atoms with Gasteiger partial charge in [-0.25, -0.2) is 4.68 Å². The molecular formula is C14H28N4O. The Balaban J connectivity index is 3.24. The number of nitrogens with zero attached hydrogens (tertiary/aromatic N) is 3. The molecule has 5 heteroatoms. The van der Waals surface area contributed by atoms with Crippen LogP contribution in [0.4, 0.5) is 0 Å². The van der Waals surface area contributed by atoms with Crippen LogP contribution < -0.4 is 10.5 Å². The van der Waals surface area contributed by atoms with E-state index >= 15 is 0 Å². The number of hydrogen-bond donors (Lipinski definition) is 1. The van der Waals surface area contributed by atoms with E-state index in [1.165, 1.54) is 0 Å². The molecule has 0 saturated carbocycles. The summed E-state index contributed by atoms with van der Waals surface area (Å²) in [4.78, 5) is 2.32. The molecule has 1 unspecified atom stereocenters. The van der Waals surface area contributed by atoms with E-state index in [2.05, 4.69) is 37.8 Å². The van der Waals surface area contributed by atoms with E-state index in [0.29, 0.717) is 6.54 Å². The number of rotatable bonds is 6. The summed E-state index contributed by atoms with van der Waals surface area (Å²) in [5, 5.41) is 4.45. The highest BCUT2D eigenvalue weighted by molar-refractivity contribution is 5.34. The number of nitrogens with two attached hydrogens (primary N) is 1. The van der Waals surface area contributed by atoms with Crippen LogP contribution in [0.5, 0.6) is 5.88 Å². The quantitative estimate of drug-likeness (QED) is 0.855. The first kappa shape index (κ1) is 16.0.